The molecule has 0 bridgehead atoms. The molecule has 2 heteroatoms. The van der Waals surface area contributed by atoms with Gasteiger partial charge >= 0.3 is 0 Å². The van der Waals surface area contributed by atoms with Crippen molar-refractivity contribution in [1.82, 2.24) is 0 Å². The van der Waals surface area contributed by atoms with Crippen LogP contribution in [-0.2, 0) is 4.79 Å². The standard InChI is InChI=1S/C9H14O2/c10-7-8-5-3-1-2-4-6-9(8)11/h7,10H,1-6H2/b8-7+. The Bertz CT molecular complexity index is 170. The molecule has 0 saturated heterocycles. The van der Waals surface area contributed by atoms with E-state index >= 15 is 0 Å². The average Bonchev–Trinajstić information content (AvgIpc) is 1.98. The van der Waals surface area contributed by atoms with E-state index in [2.05, 4.69) is 0 Å². The zero-order valence-corrected chi connectivity index (χ0v) is 6.68. The largest absolute Gasteiger partial charge is 0.515 e. The van der Waals surface area contributed by atoms with Crippen LogP contribution < -0.4 is 0 Å². The highest BCUT2D eigenvalue weighted by molar-refractivity contribution is 5.94. The Hall–Kier alpha value is -0.790. The zero-order chi connectivity index (χ0) is 8.10. The van der Waals surface area contributed by atoms with E-state index < -0.39 is 0 Å². The Morgan fingerprint density at radius 1 is 1.09 bits per heavy atom. The molecule has 0 unspecified atom stereocenters. The summed E-state index contributed by atoms with van der Waals surface area (Å²) in [6, 6.07) is 0. The maximum atomic E-state index is 11.2. The number of aliphatic hydroxyl groups is 1. The van der Waals surface area contributed by atoms with Crippen LogP contribution in [0.25, 0.3) is 0 Å². The topological polar surface area (TPSA) is 37.3 Å². The molecule has 0 amide bonds. The first-order chi connectivity index (χ1) is 5.34. The van der Waals surface area contributed by atoms with Crippen LogP contribution in [0.15, 0.2) is 11.8 Å². The molecular formula is C9H14O2. The second-order valence-electron chi connectivity index (χ2n) is 2.99. The quantitative estimate of drug-likeness (QED) is 0.429. The number of carbonyl (C=O) groups is 1. The summed E-state index contributed by atoms with van der Waals surface area (Å²) in [5, 5.41) is 8.70. The van der Waals surface area contributed by atoms with Gasteiger partial charge in [-0.15, -0.1) is 0 Å². The fourth-order valence-electron chi connectivity index (χ4n) is 1.39. The van der Waals surface area contributed by atoms with Crippen molar-refractivity contribution in [2.75, 3.05) is 0 Å². The molecule has 0 aromatic heterocycles. The van der Waals surface area contributed by atoms with Gasteiger partial charge in [-0.2, -0.15) is 0 Å². The average molecular weight is 154 g/mol. The molecule has 62 valence electrons. The van der Waals surface area contributed by atoms with Gasteiger partial charge in [0.25, 0.3) is 0 Å². The van der Waals surface area contributed by atoms with Crippen LogP contribution in [0.5, 0.6) is 0 Å². The summed E-state index contributed by atoms with van der Waals surface area (Å²) in [6.07, 6.45) is 6.72. The number of ketones is 1. The van der Waals surface area contributed by atoms with Crippen LogP contribution >= 0.6 is 0 Å². The number of rotatable bonds is 0. The molecule has 0 spiro atoms. The SMILES string of the molecule is O=C1CCCCCC/C1=C\O. The van der Waals surface area contributed by atoms with Crippen LogP contribution in [0.3, 0.4) is 0 Å². The molecule has 0 aliphatic heterocycles. The summed E-state index contributed by atoms with van der Waals surface area (Å²) in [5.74, 6) is 0.132. The van der Waals surface area contributed by atoms with E-state index in [4.69, 9.17) is 5.11 Å². The molecule has 0 aromatic rings. The van der Waals surface area contributed by atoms with Gasteiger partial charge in [0.05, 0.1) is 6.26 Å². The van der Waals surface area contributed by atoms with Gasteiger partial charge in [-0.25, -0.2) is 0 Å². The maximum Gasteiger partial charge on any atom is 0.161 e. The van der Waals surface area contributed by atoms with Gasteiger partial charge in [0, 0.05) is 12.0 Å². The molecule has 1 rings (SSSR count). The Balaban J connectivity index is 2.53. The van der Waals surface area contributed by atoms with Crippen molar-refractivity contribution < 1.29 is 9.90 Å². The summed E-state index contributed by atoms with van der Waals surface area (Å²) >= 11 is 0. The summed E-state index contributed by atoms with van der Waals surface area (Å²) in [6.45, 7) is 0. The number of hydrogen-bond acceptors (Lipinski definition) is 2. The molecule has 11 heavy (non-hydrogen) atoms. The number of Topliss-reactive ketones (excluding diaryl/α,β-unsaturated/α-hetero) is 1. The molecular weight excluding hydrogens is 140 g/mol. The van der Waals surface area contributed by atoms with E-state index in [0.29, 0.717) is 12.0 Å². The minimum Gasteiger partial charge on any atom is -0.515 e. The van der Waals surface area contributed by atoms with Crippen LogP contribution in [0.4, 0.5) is 0 Å². The second kappa shape index (κ2) is 4.16. The van der Waals surface area contributed by atoms with E-state index in [1.54, 1.807) is 0 Å². The summed E-state index contributed by atoms with van der Waals surface area (Å²) in [5.41, 5.74) is 0.615. The zero-order valence-electron chi connectivity index (χ0n) is 6.68. The van der Waals surface area contributed by atoms with E-state index in [-0.39, 0.29) is 5.78 Å². The molecule has 1 N–H and O–H groups in total. The molecule has 1 aliphatic rings. The third-order valence-corrected chi connectivity index (χ3v) is 2.11. The first-order valence-corrected chi connectivity index (χ1v) is 4.21. The van der Waals surface area contributed by atoms with E-state index in [1.807, 2.05) is 0 Å². The molecule has 0 aromatic carbocycles. The monoisotopic (exact) mass is 154 g/mol. The highest BCUT2D eigenvalue weighted by Gasteiger charge is 2.11. The Kier molecular flexibility index (Phi) is 3.14. The van der Waals surface area contributed by atoms with Gasteiger partial charge in [-0.05, 0) is 19.3 Å². The number of aliphatic hydroxyl groups excluding tert-OH is 1. The molecule has 0 radical (unpaired) electrons. The highest BCUT2D eigenvalue weighted by Crippen LogP contribution is 2.17. The summed E-state index contributed by atoms with van der Waals surface area (Å²) in [7, 11) is 0. The minimum absolute atomic E-state index is 0.132. The van der Waals surface area contributed by atoms with Crippen molar-refractivity contribution in [3.05, 3.63) is 11.8 Å². The lowest BCUT2D eigenvalue weighted by Crippen LogP contribution is -2.05. The Labute approximate surface area is 66.9 Å². The summed E-state index contributed by atoms with van der Waals surface area (Å²) in [4.78, 5) is 11.2. The fraction of sp³-hybridized carbons (Fsp3) is 0.667. The predicted octanol–water partition coefficient (Wildman–Crippen LogP) is 2.35. The molecule has 1 saturated carbocycles. The lowest BCUT2D eigenvalue weighted by molar-refractivity contribution is -0.116. The van der Waals surface area contributed by atoms with Gasteiger partial charge in [-0.1, -0.05) is 12.8 Å². The smallest absolute Gasteiger partial charge is 0.161 e. The Morgan fingerprint density at radius 3 is 2.36 bits per heavy atom. The molecule has 1 aliphatic carbocycles. The number of hydrogen-bond donors (Lipinski definition) is 1. The van der Waals surface area contributed by atoms with Gasteiger partial charge in [0.2, 0.25) is 0 Å². The van der Waals surface area contributed by atoms with E-state index in [9.17, 15) is 4.79 Å². The minimum atomic E-state index is 0.132. The van der Waals surface area contributed by atoms with Crippen LogP contribution in [0, 0.1) is 0 Å². The molecule has 0 heterocycles. The van der Waals surface area contributed by atoms with Crippen LogP contribution in [-0.4, -0.2) is 10.9 Å². The maximum absolute atomic E-state index is 11.2. The van der Waals surface area contributed by atoms with E-state index in [0.717, 1.165) is 31.9 Å². The van der Waals surface area contributed by atoms with Crippen molar-refractivity contribution in [3.8, 4) is 0 Å². The van der Waals surface area contributed by atoms with E-state index in [1.165, 1.54) is 6.42 Å². The van der Waals surface area contributed by atoms with Gasteiger partial charge < -0.3 is 5.11 Å². The Morgan fingerprint density at radius 2 is 1.73 bits per heavy atom. The lowest BCUT2D eigenvalue weighted by atomic mass is 9.96. The van der Waals surface area contributed by atoms with Gasteiger partial charge in [0.15, 0.2) is 5.78 Å². The van der Waals surface area contributed by atoms with Crippen LogP contribution in [0.1, 0.15) is 38.5 Å². The van der Waals surface area contributed by atoms with Crippen molar-refractivity contribution in [1.29, 1.82) is 0 Å². The van der Waals surface area contributed by atoms with Crippen molar-refractivity contribution in [2.24, 2.45) is 0 Å². The molecule has 1 fully saturated rings. The fourth-order valence-corrected chi connectivity index (χ4v) is 1.39. The first kappa shape index (κ1) is 8.31. The molecule has 2 nitrogen and oxygen atoms in total. The third kappa shape index (κ3) is 2.37. The number of carbonyl (C=O) groups excluding carboxylic acids is 1. The van der Waals surface area contributed by atoms with Gasteiger partial charge in [-0.3, -0.25) is 4.79 Å². The van der Waals surface area contributed by atoms with Gasteiger partial charge in [0.1, 0.15) is 0 Å². The predicted molar refractivity (Wildman–Crippen MR) is 43.4 cm³/mol. The first-order valence-electron chi connectivity index (χ1n) is 4.21. The highest BCUT2D eigenvalue weighted by atomic mass is 16.2. The number of allylic oxidation sites excluding steroid dienone is 1. The third-order valence-electron chi connectivity index (χ3n) is 2.11. The second-order valence-corrected chi connectivity index (χ2v) is 2.99. The lowest BCUT2D eigenvalue weighted by Gasteiger charge is -2.08. The summed E-state index contributed by atoms with van der Waals surface area (Å²) < 4.78 is 0. The van der Waals surface area contributed by atoms with Crippen molar-refractivity contribution in [2.45, 2.75) is 38.5 Å². The van der Waals surface area contributed by atoms with Crippen LogP contribution in [0.2, 0.25) is 0 Å². The van der Waals surface area contributed by atoms with Crippen molar-refractivity contribution >= 4 is 5.78 Å². The van der Waals surface area contributed by atoms with Crippen molar-refractivity contribution in [3.63, 3.8) is 0 Å². The molecule has 0 atom stereocenters. The normalized spacial score (nSPS) is 24.7.